The van der Waals surface area contributed by atoms with Gasteiger partial charge in [0, 0.05) is 30.1 Å². The van der Waals surface area contributed by atoms with Crippen molar-refractivity contribution >= 4 is 15.7 Å². The predicted molar refractivity (Wildman–Crippen MR) is 108 cm³/mol. The number of ether oxygens (including phenoxy) is 1. The van der Waals surface area contributed by atoms with Crippen LogP contribution in [0.4, 0.5) is 5.82 Å². The van der Waals surface area contributed by atoms with Gasteiger partial charge in [-0.05, 0) is 45.7 Å². The molecule has 0 spiro atoms. The van der Waals surface area contributed by atoms with Crippen LogP contribution in [0.25, 0.3) is 11.4 Å². The molecule has 0 radical (unpaired) electrons. The SMILES string of the molecule is Cc1cc(-c2nc(N3CCOC[C@H]3C)cc(C3(C)CCCS3(=O)=O)n2)ccn1. The number of aryl methyl sites for hydroxylation is 1. The van der Waals surface area contributed by atoms with Gasteiger partial charge < -0.3 is 9.64 Å². The average Bonchev–Trinajstić information content (AvgIpc) is 2.95. The molecule has 0 aromatic carbocycles. The first kappa shape index (κ1) is 19.3. The molecule has 4 rings (SSSR count). The summed E-state index contributed by atoms with van der Waals surface area (Å²) in [5, 5.41) is 0. The van der Waals surface area contributed by atoms with Crippen LogP contribution in [0.1, 0.15) is 38.1 Å². The van der Waals surface area contributed by atoms with Crippen molar-refractivity contribution in [2.45, 2.75) is 44.4 Å². The van der Waals surface area contributed by atoms with Gasteiger partial charge in [0.05, 0.1) is 30.7 Å². The molecule has 2 aromatic heterocycles. The number of sulfone groups is 1. The van der Waals surface area contributed by atoms with Crippen molar-refractivity contribution in [1.82, 2.24) is 15.0 Å². The molecule has 1 unspecified atom stereocenters. The van der Waals surface area contributed by atoms with Crippen LogP contribution >= 0.6 is 0 Å². The highest BCUT2D eigenvalue weighted by Gasteiger charge is 2.46. The maximum Gasteiger partial charge on any atom is 0.161 e. The molecule has 2 saturated heterocycles. The monoisotopic (exact) mass is 402 g/mol. The van der Waals surface area contributed by atoms with E-state index in [0.29, 0.717) is 37.6 Å². The third-order valence-corrected chi connectivity index (χ3v) is 8.44. The smallest absolute Gasteiger partial charge is 0.161 e. The van der Waals surface area contributed by atoms with Crippen LogP contribution in [0, 0.1) is 6.92 Å². The lowest BCUT2D eigenvalue weighted by Crippen LogP contribution is -2.44. The maximum absolute atomic E-state index is 12.8. The van der Waals surface area contributed by atoms with Crippen LogP contribution in [0.15, 0.2) is 24.4 Å². The Hall–Kier alpha value is -2.06. The Kier molecular flexibility index (Phi) is 4.87. The molecule has 2 aliphatic rings. The fourth-order valence-corrected chi connectivity index (χ4v) is 5.85. The Balaban J connectivity index is 1.88. The Labute approximate surface area is 166 Å². The first-order valence-electron chi connectivity index (χ1n) is 9.69. The van der Waals surface area contributed by atoms with Crippen LogP contribution in [0.3, 0.4) is 0 Å². The zero-order valence-corrected chi connectivity index (χ0v) is 17.4. The van der Waals surface area contributed by atoms with Gasteiger partial charge in [-0.2, -0.15) is 0 Å². The summed E-state index contributed by atoms with van der Waals surface area (Å²) in [5.74, 6) is 1.51. The van der Waals surface area contributed by atoms with E-state index in [1.807, 2.05) is 25.1 Å². The van der Waals surface area contributed by atoms with Crippen molar-refractivity contribution in [2.75, 3.05) is 30.4 Å². The fourth-order valence-electron chi connectivity index (χ4n) is 4.00. The molecule has 0 bridgehead atoms. The lowest BCUT2D eigenvalue weighted by atomic mass is 10.0. The van der Waals surface area contributed by atoms with Crippen molar-refractivity contribution in [3.8, 4) is 11.4 Å². The molecule has 7 nitrogen and oxygen atoms in total. The van der Waals surface area contributed by atoms with Gasteiger partial charge in [-0.1, -0.05) is 0 Å². The van der Waals surface area contributed by atoms with E-state index in [4.69, 9.17) is 14.7 Å². The van der Waals surface area contributed by atoms with Crippen LogP contribution in [0.2, 0.25) is 0 Å². The molecule has 8 heteroatoms. The Bertz CT molecular complexity index is 995. The molecule has 0 amide bonds. The minimum absolute atomic E-state index is 0.163. The molecule has 0 N–H and O–H groups in total. The zero-order chi connectivity index (χ0) is 19.9. The molecule has 150 valence electrons. The quantitative estimate of drug-likeness (QED) is 0.780. The highest BCUT2D eigenvalue weighted by Crippen LogP contribution is 2.41. The average molecular weight is 403 g/mol. The lowest BCUT2D eigenvalue weighted by Gasteiger charge is -2.35. The highest BCUT2D eigenvalue weighted by molar-refractivity contribution is 7.92. The van der Waals surface area contributed by atoms with Gasteiger partial charge in [-0.15, -0.1) is 0 Å². The van der Waals surface area contributed by atoms with Crippen molar-refractivity contribution in [2.24, 2.45) is 0 Å². The van der Waals surface area contributed by atoms with Gasteiger partial charge in [0.15, 0.2) is 15.7 Å². The number of morpholine rings is 1. The first-order valence-corrected chi connectivity index (χ1v) is 11.3. The second-order valence-corrected chi connectivity index (χ2v) is 10.4. The number of aromatic nitrogens is 3. The fraction of sp³-hybridized carbons (Fsp3) is 0.550. The summed E-state index contributed by atoms with van der Waals surface area (Å²) < 4.78 is 30.3. The molecule has 4 heterocycles. The van der Waals surface area contributed by atoms with Crippen molar-refractivity contribution < 1.29 is 13.2 Å². The first-order chi connectivity index (χ1) is 13.3. The normalized spacial score (nSPS) is 27.1. The second kappa shape index (κ2) is 7.08. The van der Waals surface area contributed by atoms with E-state index in [9.17, 15) is 8.42 Å². The van der Waals surface area contributed by atoms with Gasteiger partial charge in [-0.3, -0.25) is 4.98 Å². The van der Waals surface area contributed by atoms with Crippen molar-refractivity contribution in [1.29, 1.82) is 0 Å². The van der Waals surface area contributed by atoms with Crippen LogP contribution < -0.4 is 4.90 Å². The summed E-state index contributed by atoms with van der Waals surface area (Å²) >= 11 is 0. The van der Waals surface area contributed by atoms with Crippen molar-refractivity contribution in [3.05, 3.63) is 35.8 Å². The number of rotatable bonds is 3. The van der Waals surface area contributed by atoms with E-state index in [0.717, 1.165) is 23.6 Å². The molecule has 2 aromatic rings. The second-order valence-electron chi connectivity index (χ2n) is 7.89. The Morgan fingerprint density at radius 1 is 1.29 bits per heavy atom. The molecule has 2 atom stereocenters. The molecular weight excluding hydrogens is 376 g/mol. The van der Waals surface area contributed by atoms with E-state index >= 15 is 0 Å². The number of anilines is 1. The van der Waals surface area contributed by atoms with Crippen LogP contribution in [0.5, 0.6) is 0 Å². The van der Waals surface area contributed by atoms with Gasteiger partial charge in [0.1, 0.15) is 10.6 Å². The van der Waals surface area contributed by atoms with Crippen LogP contribution in [-0.2, 0) is 19.3 Å². The molecule has 0 aliphatic carbocycles. The Morgan fingerprint density at radius 2 is 2.11 bits per heavy atom. The van der Waals surface area contributed by atoms with Gasteiger partial charge in [0.25, 0.3) is 0 Å². The number of nitrogens with zero attached hydrogens (tertiary/aromatic N) is 4. The third-order valence-electron chi connectivity index (χ3n) is 5.82. The van der Waals surface area contributed by atoms with Gasteiger partial charge >= 0.3 is 0 Å². The minimum Gasteiger partial charge on any atom is -0.377 e. The molecule has 2 fully saturated rings. The topological polar surface area (TPSA) is 85.3 Å². The summed E-state index contributed by atoms with van der Waals surface area (Å²) in [6, 6.07) is 5.82. The number of pyridine rings is 1. The molecular formula is C20H26N4O3S. The third kappa shape index (κ3) is 3.28. The number of hydrogen-bond acceptors (Lipinski definition) is 7. The van der Waals surface area contributed by atoms with E-state index in [-0.39, 0.29) is 11.8 Å². The van der Waals surface area contributed by atoms with Gasteiger partial charge in [0.2, 0.25) is 0 Å². The summed E-state index contributed by atoms with van der Waals surface area (Å²) in [6.07, 6.45) is 2.97. The highest BCUT2D eigenvalue weighted by atomic mass is 32.2. The standard InChI is InChI=1S/C20H26N4O3S/c1-14-11-16(5-7-21-14)19-22-17(20(3)6-4-10-28(20,25)26)12-18(23-19)24-8-9-27-13-15(24)2/h5,7,11-12,15H,4,6,8-10,13H2,1-3H3/t15-,20?/m1/s1. The largest absolute Gasteiger partial charge is 0.377 e. The Morgan fingerprint density at radius 3 is 2.79 bits per heavy atom. The maximum atomic E-state index is 12.8. The molecule has 28 heavy (non-hydrogen) atoms. The summed E-state index contributed by atoms with van der Waals surface area (Å²) in [7, 11) is -3.25. The number of hydrogen-bond donors (Lipinski definition) is 0. The predicted octanol–water partition coefficient (Wildman–Crippen LogP) is 2.50. The summed E-state index contributed by atoms with van der Waals surface area (Å²) in [5.41, 5.74) is 2.29. The van der Waals surface area contributed by atoms with E-state index in [2.05, 4.69) is 16.8 Å². The zero-order valence-electron chi connectivity index (χ0n) is 16.6. The van der Waals surface area contributed by atoms with E-state index in [1.165, 1.54) is 0 Å². The molecule has 0 saturated carbocycles. The lowest BCUT2D eigenvalue weighted by molar-refractivity contribution is 0.0985. The summed E-state index contributed by atoms with van der Waals surface area (Å²) in [6.45, 7) is 7.77. The van der Waals surface area contributed by atoms with E-state index in [1.54, 1.807) is 13.1 Å². The van der Waals surface area contributed by atoms with Crippen LogP contribution in [-0.4, -0.2) is 54.9 Å². The van der Waals surface area contributed by atoms with Crippen molar-refractivity contribution in [3.63, 3.8) is 0 Å². The van der Waals surface area contributed by atoms with Gasteiger partial charge in [-0.25, -0.2) is 18.4 Å². The minimum atomic E-state index is -3.25. The summed E-state index contributed by atoms with van der Waals surface area (Å²) in [4.78, 5) is 16.0. The molecule has 2 aliphatic heterocycles. The van der Waals surface area contributed by atoms with E-state index < -0.39 is 14.6 Å².